The molecule has 0 unspecified atom stereocenters. The highest BCUT2D eigenvalue weighted by Crippen LogP contribution is 2.35. The summed E-state index contributed by atoms with van der Waals surface area (Å²) in [7, 11) is 1.95. The Kier molecular flexibility index (Phi) is 3.38. The summed E-state index contributed by atoms with van der Waals surface area (Å²) in [5.41, 5.74) is 2.37. The monoisotopic (exact) mass is 255 g/mol. The molecule has 0 bridgehead atoms. The van der Waals surface area contributed by atoms with Gasteiger partial charge in [0.2, 0.25) is 0 Å². The van der Waals surface area contributed by atoms with Crippen molar-refractivity contribution in [2.24, 2.45) is 0 Å². The van der Waals surface area contributed by atoms with E-state index < -0.39 is 0 Å². The zero-order valence-electron chi connectivity index (χ0n) is 10.9. The molecule has 19 heavy (non-hydrogen) atoms. The zero-order valence-corrected chi connectivity index (χ0v) is 10.9. The van der Waals surface area contributed by atoms with E-state index in [0.29, 0.717) is 13.2 Å². The Bertz CT molecular complexity index is 554. The fourth-order valence-electron chi connectivity index (χ4n) is 2.26. The Labute approximate surface area is 113 Å². The van der Waals surface area contributed by atoms with Crippen LogP contribution in [0.15, 0.2) is 48.5 Å². The van der Waals surface area contributed by atoms with E-state index in [2.05, 4.69) is 23.5 Å². The van der Waals surface area contributed by atoms with Crippen LogP contribution in [0.2, 0.25) is 0 Å². The first-order valence-corrected chi connectivity index (χ1v) is 6.47. The standard InChI is InChI=1S/C16H17NO2/c1-17-15-11-19-16-9-13(7-8-14(15)16)18-10-12-5-3-2-4-6-12/h2-9,15,17H,10-11H2,1H3/t15-/m1/s1. The van der Waals surface area contributed by atoms with E-state index >= 15 is 0 Å². The average Bonchev–Trinajstić information content (AvgIpc) is 2.88. The molecule has 98 valence electrons. The van der Waals surface area contributed by atoms with Gasteiger partial charge in [0.15, 0.2) is 0 Å². The fraction of sp³-hybridized carbons (Fsp3) is 0.250. The summed E-state index contributed by atoms with van der Waals surface area (Å²) in [6.07, 6.45) is 0. The lowest BCUT2D eigenvalue weighted by molar-refractivity contribution is 0.298. The molecule has 3 rings (SSSR count). The van der Waals surface area contributed by atoms with Crippen LogP contribution in [0.4, 0.5) is 0 Å². The number of ether oxygens (including phenoxy) is 2. The first kappa shape index (κ1) is 12.1. The third kappa shape index (κ3) is 2.56. The van der Waals surface area contributed by atoms with Crippen LogP contribution in [0, 0.1) is 0 Å². The Balaban J connectivity index is 1.70. The number of fused-ring (bicyclic) bond motifs is 1. The summed E-state index contributed by atoms with van der Waals surface area (Å²) in [5, 5.41) is 3.23. The highest BCUT2D eigenvalue weighted by Gasteiger charge is 2.22. The molecule has 0 aliphatic carbocycles. The maximum atomic E-state index is 5.79. The minimum Gasteiger partial charge on any atom is -0.491 e. The van der Waals surface area contributed by atoms with Crippen LogP contribution in [-0.2, 0) is 6.61 Å². The summed E-state index contributed by atoms with van der Waals surface area (Å²) in [5.74, 6) is 1.77. The van der Waals surface area contributed by atoms with Gasteiger partial charge in [-0.15, -0.1) is 0 Å². The van der Waals surface area contributed by atoms with Crippen LogP contribution in [0.1, 0.15) is 17.2 Å². The first-order valence-electron chi connectivity index (χ1n) is 6.47. The van der Waals surface area contributed by atoms with E-state index in [1.54, 1.807) is 0 Å². The van der Waals surface area contributed by atoms with Crippen molar-refractivity contribution >= 4 is 0 Å². The minimum absolute atomic E-state index is 0.290. The fourth-order valence-corrected chi connectivity index (χ4v) is 2.26. The Morgan fingerprint density at radius 3 is 2.84 bits per heavy atom. The van der Waals surface area contributed by atoms with Gasteiger partial charge in [-0.1, -0.05) is 30.3 Å². The second-order valence-corrected chi connectivity index (χ2v) is 4.63. The van der Waals surface area contributed by atoms with Crippen molar-refractivity contribution in [1.82, 2.24) is 5.32 Å². The third-order valence-corrected chi connectivity index (χ3v) is 3.36. The SMILES string of the molecule is CN[C@@H]1COc2cc(OCc3ccccc3)ccc21. The number of hydrogen-bond donors (Lipinski definition) is 1. The molecule has 0 aromatic heterocycles. The van der Waals surface area contributed by atoms with Gasteiger partial charge in [0.1, 0.15) is 24.7 Å². The molecule has 3 nitrogen and oxygen atoms in total. The predicted molar refractivity (Wildman–Crippen MR) is 74.5 cm³/mol. The van der Waals surface area contributed by atoms with E-state index in [1.165, 1.54) is 5.56 Å². The summed E-state index contributed by atoms with van der Waals surface area (Å²) in [6, 6.07) is 16.5. The lowest BCUT2D eigenvalue weighted by Crippen LogP contribution is -2.17. The molecule has 1 aliphatic rings. The van der Waals surface area contributed by atoms with Crippen LogP contribution in [-0.4, -0.2) is 13.7 Å². The van der Waals surface area contributed by atoms with Crippen molar-refractivity contribution in [3.05, 3.63) is 59.7 Å². The van der Waals surface area contributed by atoms with Gasteiger partial charge in [0, 0.05) is 11.6 Å². The summed E-state index contributed by atoms with van der Waals surface area (Å²) >= 11 is 0. The zero-order chi connectivity index (χ0) is 13.1. The number of rotatable bonds is 4. The molecule has 0 spiro atoms. The smallest absolute Gasteiger partial charge is 0.127 e. The van der Waals surface area contributed by atoms with Crippen LogP contribution in [0.25, 0.3) is 0 Å². The molecule has 0 saturated carbocycles. The van der Waals surface area contributed by atoms with Crippen molar-refractivity contribution in [1.29, 1.82) is 0 Å². The van der Waals surface area contributed by atoms with Crippen molar-refractivity contribution < 1.29 is 9.47 Å². The maximum Gasteiger partial charge on any atom is 0.127 e. The molecule has 3 heteroatoms. The number of benzene rings is 2. The van der Waals surface area contributed by atoms with Gasteiger partial charge in [0.25, 0.3) is 0 Å². The molecule has 0 saturated heterocycles. The van der Waals surface area contributed by atoms with Crippen molar-refractivity contribution in [2.45, 2.75) is 12.6 Å². The molecule has 1 heterocycles. The third-order valence-electron chi connectivity index (χ3n) is 3.36. The summed E-state index contributed by atoms with van der Waals surface area (Å²) in [4.78, 5) is 0. The Morgan fingerprint density at radius 2 is 2.05 bits per heavy atom. The Hall–Kier alpha value is -2.00. The molecule has 2 aromatic rings. The number of likely N-dealkylation sites (N-methyl/N-ethyl adjacent to an activating group) is 1. The van der Waals surface area contributed by atoms with Gasteiger partial charge < -0.3 is 14.8 Å². The number of hydrogen-bond acceptors (Lipinski definition) is 3. The molecular formula is C16H17NO2. The van der Waals surface area contributed by atoms with Crippen LogP contribution in [0.5, 0.6) is 11.5 Å². The van der Waals surface area contributed by atoms with Crippen molar-refractivity contribution in [3.8, 4) is 11.5 Å². The van der Waals surface area contributed by atoms with Gasteiger partial charge in [-0.3, -0.25) is 0 Å². The largest absolute Gasteiger partial charge is 0.491 e. The van der Waals surface area contributed by atoms with Gasteiger partial charge in [-0.25, -0.2) is 0 Å². The van der Waals surface area contributed by atoms with Gasteiger partial charge in [0.05, 0.1) is 6.04 Å². The van der Waals surface area contributed by atoms with E-state index in [-0.39, 0.29) is 6.04 Å². The highest BCUT2D eigenvalue weighted by molar-refractivity contribution is 5.45. The molecule has 2 aromatic carbocycles. The lowest BCUT2D eigenvalue weighted by atomic mass is 10.1. The van der Waals surface area contributed by atoms with E-state index in [0.717, 1.165) is 17.1 Å². The Morgan fingerprint density at radius 1 is 1.21 bits per heavy atom. The molecule has 0 amide bonds. The van der Waals surface area contributed by atoms with Gasteiger partial charge in [-0.2, -0.15) is 0 Å². The maximum absolute atomic E-state index is 5.79. The molecule has 1 atom stereocenters. The second-order valence-electron chi connectivity index (χ2n) is 4.63. The minimum atomic E-state index is 0.290. The first-order chi connectivity index (χ1) is 9.36. The van der Waals surface area contributed by atoms with Crippen LogP contribution < -0.4 is 14.8 Å². The molecule has 1 N–H and O–H groups in total. The normalized spacial score (nSPS) is 16.8. The molecular weight excluding hydrogens is 238 g/mol. The van der Waals surface area contributed by atoms with Gasteiger partial charge in [-0.05, 0) is 24.7 Å². The molecule has 0 radical (unpaired) electrons. The quantitative estimate of drug-likeness (QED) is 0.911. The second kappa shape index (κ2) is 5.33. The summed E-state index contributed by atoms with van der Waals surface area (Å²) < 4.78 is 11.4. The van der Waals surface area contributed by atoms with Crippen molar-refractivity contribution in [2.75, 3.05) is 13.7 Å². The molecule has 0 fully saturated rings. The highest BCUT2D eigenvalue weighted by atomic mass is 16.5. The molecule has 1 aliphatic heterocycles. The lowest BCUT2D eigenvalue weighted by Gasteiger charge is -2.09. The average molecular weight is 255 g/mol. The van der Waals surface area contributed by atoms with Crippen LogP contribution in [0.3, 0.4) is 0 Å². The van der Waals surface area contributed by atoms with Gasteiger partial charge >= 0.3 is 0 Å². The van der Waals surface area contributed by atoms with E-state index in [9.17, 15) is 0 Å². The topological polar surface area (TPSA) is 30.5 Å². The number of nitrogens with one attached hydrogen (secondary N) is 1. The van der Waals surface area contributed by atoms with Crippen LogP contribution >= 0.6 is 0 Å². The van der Waals surface area contributed by atoms with E-state index in [4.69, 9.17) is 9.47 Å². The predicted octanol–water partition coefficient (Wildman–Crippen LogP) is 2.92. The summed E-state index contributed by atoms with van der Waals surface area (Å²) in [6.45, 7) is 1.27. The van der Waals surface area contributed by atoms with Crippen molar-refractivity contribution in [3.63, 3.8) is 0 Å². The van der Waals surface area contributed by atoms with E-state index in [1.807, 2.05) is 37.4 Å².